The Kier molecular flexibility index (Phi) is 3.95. The fraction of sp³-hybridized carbons (Fsp3) is 0.143. The molecule has 0 bridgehead atoms. The van der Waals surface area contributed by atoms with Crippen molar-refractivity contribution in [2.24, 2.45) is 0 Å². The van der Waals surface area contributed by atoms with Gasteiger partial charge in [0.1, 0.15) is 0 Å². The predicted molar refractivity (Wildman–Crippen MR) is 73.0 cm³/mol. The maximum absolute atomic E-state index is 12.0. The zero-order valence-corrected chi connectivity index (χ0v) is 10.7. The molecule has 0 atom stereocenters. The topological polar surface area (TPSA) is 42.0 Å². The Balaban J connectivity index is 2.14. The van der Waals surface area contributed by atoms with Crippen molar-refractivity contribution in [1.29, 1.82) is 0 Å². The van der Waals surface area contributed by atoms with Gasteiger partial charge in [0.2, 0.25) is 0 Å². The van der Waals surface area contributed by atoms with Crippen molar-refractivity contribution in [2.75, 3.05) is 5.32 Å². The second-order valence-electron chi connectivity index (χ2n) is 3.85. The number of aromatic nitrogens is 1. The van der Waals surface area contributed by atoms with Gasteiger partial charge in [-0.1, -0.05) is 30.7 Å². The first-order chi connectivity index (χ1) is 8.70. The summed E-state index contributed by atoms with van der Waals surface area (Å²) in [4.78, 5) is 15.9. The molecule has 0 aliphatic heterocycles. The highest BCUT2D eigenvalue weighted by Gasteiger charge is 2.08. The number of pyridine rings is 1. The van der Waals surface area contributed by atoms with Crippen LogP contribution >= 0.6 is 11.6 Å². The van der Waals surface area contributed by atoms with E-state index >= 15 is 0 Å². The summed E-state index contributed by atoms with van der Waals surface area (Å²) in [5, 5.41) is 3.02. The molecule has 4 heteroatoms. The number of rotatable bonds is 3. The summed E-state index contributed by atoms with van der Waals surface area (Å²) < 4.78 is 0. The monoisotopic (exact) mass is 260 g/mol. The summed E-state index contributed by atoms with van der Waals surface area (Å²) in [7, 11) is 0. The largest absolute Gasteiger partial charge is 0.319 e. The molecule has 3 nitrogen and oxygen atoms in total. The van der Waals surface area contributed by atoms with Crippen molar-refractivity contribution < 1.29 is 4.79 Å². The molecule has 0 saturated carbocycles. The van der Waals surface area contributed by atoms with Gasteiger partial charge in [0, 0.05) is 11.8 Å². The van der Waals surface area contributed by atoms with Gasteiger partial charge >= 0.3 is 0 Å². The van der Waals surface area contributed by atoms with Crippen LogP contribution in [0.3, 0.4) is 0 Å². The lowest BCUT2D eigenvalue weighted by atomic mass is 10.1. The van der Waals surface area contributed by atoms with Crippen LogP contribution in [0.2, 0.25) is 5.15 Å². The van der Waals surface area contributed by atoms with Crippen LogP contribution in [0.5, 0.6) is 0 Å². The van der Waals surface area contributed by atoms with Gasteiger partial charge in [0.15, 0.2) is 5.15 Å². The van der Waals surface area contributed by atoms with E-state index in [1.165, 1.54) is 5.56 Å². The smallest absolute Gasteiger partial charge is 0.255 e. The van der Waals surface area contributed by atoms with Crippen molar-refractivity contribution in [3.05, 3.63) is 58.9 Å². The normalized spacial score (nSPS) is 10.1. The molecule has 0 saturated heterocycles. The minimum atomic E-state index is -0.187. The van der Waals surface area contributed by atoms with Crippen LogP contribution in [-0.2, 0) is 6.42 Å². The van der Waals surface area contributed by atoms with Crippen LogP contribution in [0.1, 0.15) is 22.8 Å². The van der Waals surface area contributed by atoms with Crippen LogP contribution in [0, 0.1) is 0 Å². The van der Waals surface area contributed by atoms with E-state index in [0.29, 0.717) is 11.3 Å². The lowest BCUT2D eigenvalue weighted by molar-refractivity contribution is 0.102. The number of hydrogen-bond acceptors (Lipinski definition) is 2. The first-order valence-corrected chi connectivity index (χ1v) is 6.09. The summed E-state index contributed by atoms with van der Waals surface area (Å²) in [6.45, 7) is 2.07. The molecule has 2 rings (SSSR count). The van der Waals surface area contributed by atoms with Gasteiger partial charge in [0.05, 0.1) is 5.69 Å². The molecule has 92 valence electrons. The van der Waals surface area contributed by atoms with Crippen molar-refractivity contribution in [1.82, 2.24) is 4.98 Å². The van der Waals surface area contributed by atoms with E-state index in [1.54, 1.807) is 30.5 Å². The number of aryl methyl sites for hydroxylation is 1. The third-order valence-electron chi connectivity index (χ3n) is 2.63. The molecule has 1 heterocycles. The van der Waals surface area contributed by atoms with E-state index in [2.05, 4.69) is 17.2 Å². The first-order valence-electron chi connectivity index (χ1n) is 5.71. The van der Waals surface area contributed by atoms with Gasteiger partial charge in [-0.2, -0.15) is 0 Å². The van der Waals surface area contributed by atoms with E-state index in [4.69, 9.17) is 11.6 Å². The molecule has 0 unspecified atom stereocenters. The van der Waals surface area contributed by atoms with Gasteiger partial charge < -0.3 is 5.32 Å². The number of carbonyl (C=O) groups excluding carboxylic acids is 1. The van der Waals surface area contributed by atoms with Crippen molar-refractivity contribution >= 4 is 23.2 Å². The highest BCUT2D eigenvalue weighted by molar-refractivity contribution is 6.32. The summed E-state index contributed by atoms with van der Waals surface area (Å²) in [6.07, 6.45) is 2.53. The van der Waals surface area contributed by atoms with Gasteiger partial charge in [-0.15, -0.1) is 0 Å². The quantitative estimate of drug-likeness (QED) is 0.858. The minimum absolute atomic E-state index is 0.187. The van der Waals surface area contributed by atoms with E-state index in [9.17, 15) is 4.79 Å². The Hall–Kier alpha value is -1.87. The third-order valence-corrected chi connectivity index (χ3v) is 2.93. The van der Waals surface area contributed by atoms with Gasteiger partial charge in [0.25, 0.3) is 5.91 Å². The van der Waals surface area contributed by atoms with Crippen LogP contribution in [0.4, 0.5) is 5.69 Å². The number of amides is 1. The Bertz CT molecular complexity index is 552. The highest BCUT2D eigenvalue weighted by atomic mass is 35.5. The van der Waals surface area contributed by atoms with Crippen LogP contribution in [0.25, 0.3) is 0 Å². The number of halogens is 1. The Morgan fingerprint density at radius 3 is 2.61 bits per heavy atom. The number of anilines is 1. The fourth-order valence-corrected chi connectivity index (χ4v) is 1.73. The number of benzene rings is 1. The molecule has 2 aromatic rings. The molecule has 0 radical (unpaired) electrons. The highest BCUT2D eigenvalue weighted by Crippen LogP contribution is 2.18. The Labute approximate surface area is 111 Å². The molecule has 18 heavy (non-hydrogen) atoms. The van der Waals surface area contributed by atoms with Gasteiger partial charge in [-0.05, 0) is 36.2 Å². The third kappa shape index (κ3) is 2.87. The summed E-state index contributed by atoms with van der Waals surface area (Å²) >= 11 is 5.88. The summed E-state index contributed by atoms with van der Waals surface area (Å²) in [5.41, 5.74) is 2.32. The number of nitrogens with zero attached hydrogens (tertiary/aromatic N) is 1. The number of hydrogen-bond donors (Lipinski definition) is 1. The maximum Gasteiger partial charge on any atom is 0.255 e. The average molecular weight is 261 g/mol. The molecule has 0 aliphatic rings. The summed E-state index contributed by atoms with van der Waals surface area (Å²) in [6, 6.07) is 10.9. The Morgan fingerprint density at radius 2 is 2.00 bits per heavy atom. The lowest BCUT2D eigenvalue weighted by Gasteiger charge is -2.06. The van der Waals surface area contributed by atoms with E-state index in [-0.39, 0.29) is 11.1 Å². The van der Waals surface area contributed by atoms with Gasteiger partial charge in [-0.3, -0.25) is 4.79 Å². The zero-order valence-electron chi connectivity index (χ0n) is 9.98. The van der Waals surface area contributed by atoms with E-state index < -0.39 is 0 Å². The van der Waals surface area contributed by atoms with Gasteiger partial charge in [-0.25, -0.2) is 4.98 Å². The van der Waals surface area contributed by atoms with Crippen molar-refractivity contribution in [3.8, 4) is 0 Å². The molecule has 0 spiro atoms. The van der Waals surface area contributed by atoms with E-state index in [0.717, 1.165) is 6.42 Å². The second kappa shape index (κ2) is 5.65. The lowest BCUT2D eigenvalue weighted by Crippen LogP contribution is -2.12. The first kappa shape index (κ1) is 12.6. The fourth-order valence-electron chi connectivity index (χ4n) is 1.57. The van der Waals surface area contributed by atoms with Crippen molar-refractivity contribution in [3.63, 3.8) is 0 Å². The van der Waals surface area contributed by atoms with Crippen LogP contribution in [0.15, 0.2) is 42.6 Å². The maximum atomic E-state index is 12.0. The zero-order chi connectivity index (χ0) is 13.0. The predicted octanol–water partition coefficient (Wildman–Crippen LogP) is 3.55. The Morgan fingerprint density at radius 1 is 1.28 bits per heavy atom. The number of carbonyl (C=O) groups is 1. The van der Waals surface area contributed by atoms with E-state index in [1.807, 2.05) is 12.1 Å². The van der Waals surface area contributed by atoms with Crippen LogP contribution in [-0.4, -0.2) is 10.9 Å². The molecule has 1 N–H and O–H groups in total. The molecule has 0 fully saturated rings. The minimum Gasteiger partial charge on any atom is -0.319 e. The standard InChI is InChI=1S/C14H13ClN2O/c1-2-10-5-7-11(8-6-10)14(18)17-12-4-3-9-16-13(12)15/h3-9H,2H2,1H3,(H,17,18). The molecular formula is C14H13ClN2O. The summed E-state index contributed by atoms with van der Waals surface area (Å²) in [5.74, 6) is -0.187. The molecule has 0 aliphatic carbocycles. The van der Waals surface area contributed by atoms with Crippen LogP contribution < -0.4 is 5.32 Å². The molecular weight excluding hydrogens is 248 g/mol. The molecule has 1 aromatic carbocycles. The molecule has 1 aromatic heterocycles. The second-order valence-corrected chi connectivity index (χ2v) is 4.20. The number of nitrogens with one attached hydrogen (secondary N) is 1. The van der Waals surface area contributed by atoms with Crippen molar-refractivity contribution in [2.45, 2.75) is 13.3 Å². The average Bonchev–Trinajstić information content (AvgIpc) is 2.41. The molecule has 1 amide bonds. The SMILES string of the molecule is CCc1ccc(C(=O)Nc2cccnc2Cl)cc1.